The molecule has 1 aromatic heterocycles. The van der Waals surface area contributed by atoms with E-state index in [1.807, 2.05) is 0 Å². The van der Waals surface area contributed by atoms with Crippen molar-refractivity contribution in [3.05, 3.63) is 24.4 Å². The zero-order valence-corrected chi connectivity index (χ0v) is 5.13. The summed E-state index contributed by atoms with van der Waals surface area (Å²) in [7, 11) is 0. The molecule has 2 aromatic rings. The molecule has 10 heavy (non-hydrogen) atoms. The first kappa shape index (κ1) is 4.33. The van der Waals surface area contributed by atoms with E-state index in [-0.39, 0.29) is 11.9 Å². The van der Waals surface area contributed by atoms with Gasteiger partial charge in [0.05, 0.1) is 13.1 Å². The van der Waals surface area contributed by atoms with Crippen LogP contribution >= 0.6 is 0 Å². The van der Waals surface area contributed by atoms with Crippen molar-refractivity contribution in [2.75, 3.05) is 0 Å². The fraction of sp³-hybridized carbons (Fsp3) is 0. The van der Waals surface area contributed by atoms with Gasteiger partial charge in [0.25, 0.3) is 0 Å². The van der Waals surface area contributed by atoms with Crippen LogP contribution in [-0.2, 0) is 0 Å². The number of hydrogen-bond donors (Lipinski definition) is 2. The molecular formula is C7H6N2O. The second-order valence-corrected chi connectivity index (χ2v) is 2.07. The van der Waals surface area contributed by atoms with Gasteiger partial charge < -0.3 is 5.11 Å². The van der Waals surface area contributed by atoms with Crippen molar-refractivity contribution in [2.24, 2.45) is 0 Å². The number of rotatable bonds is 0. The molecular weight excluding hydrogens is 128 g/mol. The number of phenolic OH excluding ortho intramolecular Hbond substituents is 1. The number of H-pyrrole nitrogens is 1. The summed E-state index contributed by atoms with van der Waals surface area (Å²) >= 11 is 0. The molecule has 2 rings (SSSR count). The van der Waals surface area contributed by atoms with E-state index in [2.05, 4.69) is 10.2 Å². The number of nitrogens with one attached hydrogen (secondary N) is 1. The van der Waals surface area contributed by atoms with E-state index >= 15 is 0 Å². The highest BCUT2D eigenvalue weighted by Gasteiger charge is 1.93. The molecule has 3 nitrogen and oxygen atoms in total. The molecule has 0 aliphatic heterocycles. The maximum atomic E-state index is 9.03. The van der Waals surface area contributed by atoms with Crippen LogP contribution in [0.5, 0.6) is 5.75 Å². The van der Waals surface area contributed by atoms with Crippen molar-refractivity contribution in [1.82, 2.24) is 10.2 Å². The lowest BCUT2D eigenvalue weighted by Gasteiger charge is -1.88. The zero-order chi connectivity index (χ0) is 7.84. The molecule has 1 aromatic carbocycles. The van der Waals surface area contributed by atoms with E-state index in [9.17, 15) is 0 Å². The molecule has 0 aliphatic rings. The summed E-state index contributed by atoms with van der Waals surface area (Å²) < 4.78 is 7.29. The van der Waals surface area contributed by atoms with E-state index in [4.69, 9.17) is 6.48 Å². The van der Waals surface area contributed by atoms with Crippen LogP contribution in [0.1, 0.15) is 1.37 Å². The van der Waals surface area contributed by atoms with Gasteiger partial charge in [0.2, 0.25) is 0 Å². The van der Waals surface area contributed by atoms with Crippen LogP contribution in [-0.4, -0.2) is 15.3 Å². The molecule has 2 N–H and O–H groups in total. The second kappa shape index (κ2) is 1.73. The molecule has 0 unspecified atom stereocenters. The highest BCUT2D eigenvalue weighted by molar-refractivity contribution is 5.79. The molecule has 0 saturated heterocycles. The fourth-order valence-corrected chi connectivity index (χ4v) is 0.871. The number of hydrogen-bond acceptors (Lipinski definition) is 2. The average Bonchev–Trinajstić information content (AvgIpc) is 2.32. The Morgan fingerprint density at radius 3 is 3.40 bits per heavy atom. The van der Waals surface area contributed by atoms with Crippen molar-refractivity contribution < 1.29 is 6.48 Å². The Bertz CT molecular complexity index is 396. The summed E-state index contributed by atoms with van der Waals surface area (Å²) in [6.07, 6.45) is 0.208. The molecule has 0 atom stereocenters. The molecule has 0 amide bonds. The minimum absolute atomic E-state index is 0.182. The van der Waals surface area contributed by atoms with Crippen molar-refractivity contribution in [2.45, 2.75) is 0 Å². The lowest BCUT2D eigenvalue weighted by molar-refractivity contribution is 0.476. The highest BCUT2D eigenvalue weighted by Crippen LogP contribution is 2.16. The third-order valence-corrected chi connectivity index (χ3v) is 1.36. The maximum Gasteiger partial charge on any atom is 0.117 e. The topological polar surface area (TPSA) is 48.9 Å². The Labute approximate surface area is 58.7 Å². The fourth-order valence-electron chi connectivity index (χ4n) is 0.871. The van der Waals surface area contributed by atoms with E-state index < -0.39 is 0 Å². The molecule has 50 valence electrons. The van der Waals surface area contributed by atoms with Gasteiger partial charge in [-0.1, -0.05) is 0 Å². The summed E-state index contributed by atoms with van der Waals surface area (Å²) in [4.78, 5) is 0. The minimum Gasteiger partial charge on any atom is -0.508 e. The predicted molar refractivity (Wildman–Crippen MR) is 37.8 cm³/mol. The first-order chi connectivity index (χ1) is 5.27. The molecule has 0 spiro atoms. The lowest BCUT2D eigenvalue weighted by Crippen LogP contribution is -1.66. The van der Waals surface area contributed by atoms with Gasteiger partial charge in [-0.05, 0) is 12.1 Å². The van der Waals surface area contributed by atoms with Crippen LogP contribution in [0.3, 0.4) is 0 Å². The van der Waals surface area contributed by atoms with Gasteiger partial charge in [-0.3, -0.25) is 5.10 Å². The van der Waals surface area contributed by atoms with Gasteiger partial charge in [-0.2, -0.15) is 5.10 Å². The normalized spacial score (nSPS) is 11.8. The first-order valence-corrected chi connectivity index (χ1v) is 2.91. The van der Waals surface area contributed by atoms with Crippen LogP contribution < -0.4 is 0 Å². The van der Waals surface area contributed by atoms with E-state index in [0.717, 1.165) is 5.39 Å². The quantitative estimate of drug-likeness (QED) is 0.571. The van der Waals surface area contributed by atoms with E-state index in [1.165, 1.54) is 6.07 Å². The highest BCUT2D eigenvalue weighted by atomic mass is 16.3. The largest absolute Gasteiger partial charge is 0.508 e. The third-order valence-electron chi connectivity index (χ3n) is 1.36. The average molecular weight is 135 g/mol. The molecule has 0 fully saturated rings. The van der Waals surface area contributed by atoms with Crippen molar-refractivity contribution >= 4 is 10.9 Å². The number of nitrogens with zero attached hydrogens (tertiary/aromatic N) is 1. The third kappa shape index (κ3) is 0.639. The lowest BCUT2D eigenvalue weighted by atomic mass is 10.2. The van der Waals surface area contributed by atoms with Gasteiger partial charge in [0.15, 0.2) is 0 Å². The van der Waals surface area contributed by atoms with Crippen molar-refractivity contribution in [3.63, 3.8) is 0 Å². The Morgan fingerprint density at radius 2 is 2.50 bits per heavy atom. The van der Waals surface area contributed by atoms with Crippen LogP contribution in [0.4, 0.5) is 0 Å². The number of aromatic hydroxyl groups is 1. The van der Waals surface area contributed by atoms with Gasteiger partial charge in [-0.15, -0.1) is 0 Å². The Balaban J connectivity index is 2.86. The second-order valence-electron chi connectivity index (χ2n) is 2.07. The van der Waals surface area contributed by atoms with Crippen LogP contribution in [0, 0.1) is 0 Å². The maximum absolute atomic E-state index is 9.03. The molecule has 0 aliphatic carbocycles. The standard InChI is InChI=1S/C7H6N2O/c10-6-2-1-5-4-8-9-7(5)3-6/h1-4,10H,(H,8,9)/i4D. The van der Waals surface area contributed by atoms with E-state index in [1.54, 1.807) is 12.1 Å². The molecule has 1 heterocycles. The van der Waals surface area contributed by atoms with Crippen LogP contribution in [0.2, 0.25) is 0 Å². The van der Waals surface area contributed by atoms with Gasteiger partial charge in [-0.25, -0.2) is 0 Å². The van der Waals surface area contributed by atoms with Crippen LogP contribution in [0.25, 0.3) is 10.9 Å². The van der Waals surface area contributed by atoms with Crippen molar-refractivity contribution in [1.29, 1.82) is 0 Å². The smallest absolute Gasteiger partial charge is 0.117 e. The number of aromatic amines is 1. The number of aromatic nitrogens is 2. The minimum atomic E-state index is 0.182. The summed E-state index contributed by atoms with van der Waals surface area (Å²) in [5, 5.41) is 16.1. The monoisotopic (exact) mass is 135 g/mol. The SMILES string of the molecule is [2H]c1n[nH]c2cc(O)ccc12. The number of phenols is 1. The first-order valence-electron chi connectivity index (χ1n) is 3.41. The number of benzene rings is 1. The molecule has 0 saturated carbocycles. The van der Waals surface area contributed by atoms with Gasteiger partial charge in [0.1, 0.15) is 5.75 Å². The predicted octanol–water partition coefficient (Wildman–Crippen LogP) is 1.27. The van der Waals surface area contributed by atoms with E-state index in [0.29, 0.717) is 5.52 Å². The Hall–Kier alpha value is -1.51. The molecule has 0 radical (unpaired) electrons. The van der Waals surface area contributed by atoms with Gasteiger partial charge in [0, 0.05) is 11.5 Å². The van der Waals surface area contributed by atoms with Crippen LogP contribution in [0.15, 0.2) is 24.4 Å². The van der Waals surface area contributed by atoms with Crippen molar-refractivity contribution in [3.8, 4) is 5.75 Å². The summed E-state index contributed by atoms with van der Waals surface area (Å²) in [6.45, 7) is 0. The number of fused-ring (bicyclic) bond motifs is 1. The summed E-state index contributed by atoms with van der Waals surface area (Å²) in [5.74, 6) is 0.182. The van der Waals surface area contributed by atoms with Gasteiger partial charge >= 0.3 is 0 Å². The Morgan fingerprint density at radius 1 is 1.60 bits per heavy atom. The summed E-state index contributed by atoms with van der Waals surface area (Å²) in [6, 6.07) is 4.74. The summed E-state index contributed by atoms with van der Waals surface area (Å²) in [5.41, 5.74) is 0.690. The Kier molecular flexibility index (Phi) is 0.750. The molecule has 0 bridgehead atoms. The molecule has 3 heteroatoms. The zero-order valence-electron chi connectivity index (χ0n) is 6.13.